The van der Waals surface area contributed by atoms with E-state index in [2.05, 4.69) is 27.4 Å². The van der Waals surface area contributed by atoms with Crippen LogP contribution in [-0.2, 0) is 0 Å². The fourth-order valence-electron chi connectivity index (χ4n) is 1.34. The van der Waals surface area contributed by atoms with Crippen LogP contribution in [0.4, 0.5) is 5.69 Å². The van der Waals surface area contributed by atoms with E-state index in [-0.39, 0.29) is 16.7 Å². The first-order valence-electron chi connectivity index (χ1n) is 4.29. The SMILES string of the molecule is NC(=S)N=Nc1c(O)[nH]c2ccc(Cl)cc12. The van der Waals surface area contributed by atoms with Gasteiger partial charge >= 0.3 is 0 Å². The van der Waals surface area contributed by atoms with Crippen molar-refractivity contribution in [2.75, 3.05) is 0 Å². The Labute approximate surface area is 101 Å². The van der Waals surface area contributed by atoms with E-state index in [1.165, 1.54) is 0 Å². The fraction of sp³-hybridized carbons (Fsp3) is 0. The van der Waals surface area contributed by atoms with Crippen molar-refractivity contribution in [2.45, 2.75) is 0 Å². The van der Waals surface area contributed by atoms with Crippen molar-refractivity contribution in [3.05, 3.63) is 23.2 Å². The molecule has 0 aliphatic rings. The Morgan fingerprint density at radius 1 is 1.50 bits per heavy atom. The number of benzene rings is 1. The van der Waals surface area contributed by atoms with Crippen molar-refractivity contribution in [1.29, 1.82) is 0 Å². The van der Waals surface area contributed by atoms with Gasteiger partial charge in [0.25, 0.3) is 0 Å². The number of rotatable bonds is 1. The van der Waals surface area contributed by atoms with Gasteiger partial charge in [-0.05, 0) is 30.4 Å². The molecule has 2 aromatic rings. The number of aromatic nitrogens is 1. The monoisotopic (exact) mass is 254 g/mol. The lowest BCUT2D eigenvalue weighted by molar-refractivity contribution is 0.459. The predicted molar refractivity (Wildman–Crippen MR) is 66.3 cm³/mol. The zero-order valence-electron chi connectivity index (χ0n) is 7.94. The molecule has 0 fully saturated rings. The second kappa shape index (κ2) is 4.07. The normalized spacial score (nSPS) is 11.3. The van der Waals surface area contributed by atoms with Crippen molar-refractivity contribution in [2.24, 2.45) is 16.0 Å². The molecule has 0 atom stereocenters. The Hall–Kier alpha value is -1.66. The summed E-state index contributed by atoms with van der Waals surface area (Å²) in [6, 6.07) is 5.10. The number of nitrogens with two attached hydrogens (primary N) is 1. The van der Waals surface area contributed by atoms with Gasteiger partial charge in [-0.25, -0.2) is 0 Å². The van der Waals surface area contributed by atoms with E-state index in [1.54, 1.807) is 18.2 Å². The van der Waals surface area contributed by atoms with E-state index in [0.29, 0.717) is 15.9 Å². The molecule has 0 aliphatic carbocycles. The molecule has 1 heterocycles. The highest BCUT2D eigenvalue weighted by Crippen LogP contribution is 2.36. The van der Waals surface area contributed by atoms with E-state index in [4.69, 9.17) is 17.3 Å². The van der Waals surface area contributed by atoms with Crippen molar-refractivity contribution in [3.8, 4) is 5.88 Å². The predicted octanol–water partition coefficient (Wildman–Crippen LogP) is 2.85. The summed E-state index contributed by atoms with van der Waals surface area (Å²) in [6.45, 7) is 0. The van der Waals surface area contributed by atoms with Crippen molar-refractivity contribution in [1.82, 2.24) is 4.98 Å². The number of thiocarbonyl (C=S) groups is 1. The van der Waals surface area contributed by atoms with Crippen LogP contribution in [0.2, 0.25) is 5.02 Å². The zero-order chi connectivity index (χ0) is 11.7. The summed E-state index contributed by atoms with van der Waals surface area (Å²) in [5, 5.41) is 18.0. The number of nitrogens with one attached hydrogen (secondary N) is 1. The molecular formula is C9H7ClN4OS. The third-order valence-corrected chi connectivity index (χ3v) is 2.28. The Morgan fingerprint density at radius 3 is 2.94 bits per heavy atom. The van der Waals surface area contributed by atoms with Gasteiger partial charge in [-0.3, -0.25) is 0 Å². The van der Waals surface area contributed by atoms with Gasteiger partial charge < -0.3 is 15.8 Å². The molecule has 0 amide bonds. The van der Waals surface area contributed by atoms with Crippen molar-refractivity contribution in [3.63, 3.8) is 0 Å². The highest BCUT2D eigenvalue weighted by atomic mass is 35.5. The first kappa shape index (κ1) is 10.8. The van der Waals surface area contributed by atoms with Gasteiger partial charge in [0, 0.05) is 10.4 Å². The molecule has 0 saturated carbocycles. The molecule has 0 bridgehead atoms. The van der Waals surface area contributed by atoms with Gasteiger partial charge in [-0.2, -0.15) is 0 Å². The minimum atomic E-state index is -0.101. The maximum Gasteiger partial charge on any atom is 0.218 e. The smallest absolute Gasteiger partial charge is 0.218 e. The number of fused-ring (bicyclic) bond motifs is 1. The number of hydrogen-bond donors (Lipinski definition) is 3. The van der Waals surface area contributed by atoms with Crippen LogP contribution in [0.15, 0.2) is 28.4 Å². The summed E-state index contributed by atoms with van der Waals surface area (Å²) in [5.74, 6) is -0.0998. The maximum absolute atomic E-state index is 9.60. The van der Waals surface area contributed by atoms with Gasteiger partial charge in [-0.15, -0.1) is 10.2 Å². The largest absolute Gasteiger partial charge is 0.493 e. The van der Waals surface area contributed by atoms with Gasteiger partial charge in [0.05, 0.1) is 5.52 Å². The third kappa shape index (κ3) is 1.98. The van der Waals surface area contributed by atoms with Crippen LogP contribution >= 0.6 is 23.8 Å². The molecule has 7 heteroatoms. The molecule has 2 rings (SSSR count). The molecule has 1 aromatic carbocycles. The highest BCUT2D eigenvalue weighted by molar-refractivity contribution is 7.80. The van der Waals surface area contributed by atoms with Gasteiger partial charge in [-0.1, -0.05) is 11.6 Å². The molecule has 5 nitrogen and oxygen atoms in total. The molecule has 0 radical (unpaired) electrons. The molecule has 0 aliphatic heterocycles. The van der Waals surface area contributed by atoms with Crippen LogP contribution in [-0.4, -0.2) is 15.2 Å². The number of H-pyrrole nitrogens is 1. The Kier molecular flexibility index (Phi) is 2.76. The van der Waals surface area contributed by atoms with Crippen LogP contribution in [0.25, 0.3) is 10.9 Å². The van der Waals surface area contributed by atoms with Crippen LogP contribution in [0, 0.1) is 0 Å². The quantitative estimate of drug-likeness (QED) is 0.540. The Balaban J connectivity index is 2.62. The van der Waals surface area contributed by atoms with Crippen LogP contribution in [0.3, 0.4) is 0 Å². The standard InChI is InChI=1S/C9H7ClN4OS/c10-4-1-2-6-5(3-4)7(8(15)12-6)13-14-9(11)16/h1-3,12,15H,(H2,11,16). The zero-order valence-corrected chi connectivity index (χ0v) is 9.51. The topological polar surface area (TPSA) is 86.8 Å². The molecule has 0 saturated heterocycles. The van der Waals surface area contributed by atoms with E-state index in [9.17, 15) is 5.11 Å². The second-order valence-corrected chi connectivity index (χ2v) is 3.91. The van der Waals surface area contributed by atoms with Gasteiger partial charge in [0.15, 0.2) is 5.69 Å². The summed E-state index contributed by atoms with van der Waals surface area (Å²) < 4.78 is 0. The minimum absolute atomic E-state index is 0.0998. The van der Waals surface area contributed by atoms with E-state index < -0.39 is 0 Å². The molecule has 16 heavy (non-hydrogen) atoms. The van der Waals surface area contributed by atoms with E-state index in [0.717, 1.165) is 0 Å². The van der Waals surface area contributed by atoms with Crippen LogP contribution in [0.5, 0.6) is 5.88 Å². The summed E-state index contributed by atoms with van der Waals surface area (Å²) in [6.07, 6.45) is 0. The molecule has 0 spiro atoms. The minimum Gasteiger partial charge on any atom is -0.493 e. The average Bonchev–Trinajstić information content (AvgIpc) is 2.51. The lowest BCUT2D eigenvalue weighted by atomic mass is 10.2. The van der Waals surface area contributed by atoms with E-state index >= 15 is 0 Å². The Bertz CT molecular complexity index is 592. The van der Waals surface area contributed by atoms with Crippen molar-refractivity contribution >= 4 is 45.5 Å². The van der Waals surface area contributed by atoms with Crippen molar-refractivity contribution < 1.29 is 5.11 Å². The summed E-state index contributed by atoms with van der Waals surface area (Å²) in [4.78, 5) is 2.74. The first-order valence-corrected chi connectivity index (χ1v) is 5.08. The number of aromatic amines is 1. The van der Waals surface area contributed by atoms with Gasteiger partial charge in [0.1, 0.15) is 0 Å². The molecular weight excluding hydrogens is 248 g/mol. The first-order chi connectivity index (χ1) is 7.58. The number of halogens is 1. The fourth-order valence-corrected chi connectivity index (χ4v) is 1.55. The Morgan fingerprint density at radius 2 is 2.25 bits per heavy atom. The van der Waals surface area contributed by atoms with E-state index in [1.807, 2.05) is 0 Å². The summed E-state index contributed by atoms with van der Waals surface area (Å²) in [7, 11) is 0. The molecule has 4 N–H and O–H groups in total. The number of azo groups is 1. The van der Waals surface area contributed by atoms with Crippen LogP contribution in [0.1, 0.15) is 0 Å². The second-order valence-electron chi connectivity index (χ2n) is 3.05. The summed E-state index contributed by atoms with van der Waals surface area (Å²) >= 11 is 10.4. The number of nitrogens with zero attached hydrogens (tertiary/aromatic N) is 2. The number of aromatic hydroxyl groups is 1. The summed E-state index contributed by atoms with van der Waals surface area (Å²) in [5.41, 5.74) is 6.16. The van der Waals surface area contributed by atoms with Gasteiger partial charge in [0.2, 0.25) is 11.0 Å². The molecule has 1 aromatic heterocycles. The number of hydrogen-bond acceptors (Lipinski definition) is 3. The highest BCUT2D eigenvalue weighted by Gasteiger charge is 2.10. The third-order valence-electron chi connectivity index (χ3n) is 1.96. The lowest BCUT2D eigenvalue weighted by Crippen LogP contribution is -2.01. The maximum atomic E-state index is 9.60. The average molecular weight is 255 g/mol. The lowest BCUT2D eigenvalue weighted by Gasteiger charge is -1.92. The molecule has 82 valence electrons. The van der Waals surface area contributed by atoms with Crippen LogP contribution < -0.4 is 5.73 Å². The molecule has 0 unspecified atom stereocenters.